The fourth-order valence-corrected chi connectivity index (χ4v) is 1.07. The zero-order valence-electron chi connectivity index (χ0n) is 7.90. The van der Waals surface area contributed by atoms with Crippen molar-refractivity contribution >= 4 is 21.8 Å². The second-order valence-corrected chi connectivity index (χ2v) is 4.59. The molecule has 0 saturated carbocycles. The number of carbonyl (C=O) groups is 1. The second kappa shape index (κ2) is 7.59. The number of unbranched alkanes of at least 4 members (excludes halogenated alkanes) is 1. The fourth-order valence-electron chi connectivity index (χ4n) is 0.836. The highest BCUT2D eigenvalue weighted by molar-refractivity contribution is 9.09. The van der Waals surface area contributed by atoms with Gasteiger partial charge in [-0.15, -0.1) is 0 Å². The topological polar surface area (TPSA) is 29.1 Å². The number of nitrogens with one attached hydrogen (secondary N) is 1. The lowest BCUT2D eigenvalue weighted by molar-refractivity contribution is -0.121. The van der Waals surface area contributed by atoms with Crippen molar-refractivity contribution in [2.24, 2.45) is 0 Å². The normalized spacial score (nSPS) is 12.6. The lowest BCUT2D eigenvalue weighted by atomic mass is 10.2. The molecule has 12 heavy (non-hydrogen) atoms. The minimum absolute atomic E-state index is 0.185. The summed E-state index contributed by atoms with van der Waals surface area (Å²) in [6.45, 7) is 4.96. The predicted octanol–water partition coefficient (Wildman–Crippen LogP) is 2.47. The van der Waals surface area contributed by atoms with E-state index >= 15 is 0 Å². The summed E-state index contributed by atoms with van der Waals surface area (Å²) < 4.78 is 0. The highest BCUT2D eigenvalue weighted by atomic mass is 79.9. The Bertz CT molecular complexity index is 126. The Balaban J connectivity index is 3.20. The molecule has 0 bridgehead atoms. The van der Waals surface area contributed by atoms with Crippen LogP contribution in [-0.2, 0) is 4.79 Å². The highest BCUT2D eigenvalue weighted by Gasteiger charge is 2.00. The molecule has 0 aliphatic heterocycles. The first-order valence-corrected chi connectivity index (χ1v) is 5.49. The quantitative estimate of drug-likeness (QED) is 0.705. The maximum atomic E-state index is 11.1. The number of halogens is 1. The Kier molecular flexibility index (Phi) is 7.56. The van der Waals surface area contributed by atoms with Gasteiger partial charge in [-0.3, -0.25) is 4.79 Å². The van der Waals surface area contributed by atoms with Crippen LogP contribution in [-0.4, -0.2) is 17.3 Å². The number of hydrogen-bond donors (Lipinski definition) is 1. The molecule has 0 fully saturated rings. The third-order valence-corrected chi connectivity index (χ3v) is 2.08. The van der Waals surface area contributed by atoms with Crippen molar-refractivity contribution in [1.82, 2.24) is 5.32 Å². The summed E-state index contributed by atoms with van der Waals surface area (Å²) >= 11 is 3.43. The van der Waals surface area contributed by atoms with Crippen LogP contribution in [0.4, 0.5) is 0 Å². The average Bonchev–Trinajstić information content (AvgIpc) is 2.00. The maximum Gasteiger partial charge on any atom is 0.219 e. The lowest BCUT2D eigenvalue weighted by Crippen LogP contribution is -2.25. The molecule has 0 heterocycles. The molecule has 0 aliphatic carbocycles. The minimum atomic E-state index is 0.185. The second-order valence-electron chi connectivity index (χ2n) is 3.02. The molecular weight excluding hydrogens is 218 g/mol. The fraction of sp³-hybridized carbons (Fsp3) is 0.889. The van der Waals surface area contributed by atoms with Crippen molar-refractivity contribution < 1.29 is 4.79 Å². The van der Waals surface area contributed by atoms with Gasteiger partial charge in [-0.1, -0.05) is 36.2 Å². The molecule has 2 nitrogen and oxygen atoms in total. The molecule has 0 saturated heterocycles. The van der Waals surface area contributed by atoms with E-state index < -0.39 is 0 Å². The van der Waals surface area contributed by atoms with Crippen LogP contribution >= 0.6 is 15.9 Å². The van der Waals surface area contributed by atoms with E-state index in [-0.39, 0.29) is 5.91 Å². The van der Waals surface area contributed by atoms with Crippen molar-refractivity contribution in [3.8, 4) is 0 Å². The molecule has 3 heteroatoms. The molecule has 0 aromatic rings. The van der Waals surface area contributed by atoms with Gasteiger partial charge in [-0.05, 0) is 12.8 Å². The Morgan fingerprint density at radius 2 is 2.25 bits per heavy atom. The molecule has 1 unspecified atom stereocenters. The van der Waals surface area contributed by atoms with E-state index in [2.05, 4.69) is 35.1 Å². The average molecular weight is 236 g/mol. The first kappa shape index (κ1) is 11.9. The van der Waals surface area contributed by atoms with E-state index in [1.165, 1.54) is 0 Å². The van der Waals surface area contributed by atoms with Gasteiger partial charge >= 0.3 is 0 Å². The summed E-state index contributed by atoms with van der Waals surface area (Å²) in [4.78, 5) is 11.5. The molecule has 0 aromatic heterocycles. The highest BCUT2D eigenvalue weighted by Crippen LogP contribution is 2.01. The molecule has 0 rings (SSSR count). The Morgan fingerprint density at radius 1 is 1.58 bits per heavy atom. The van der Waals surface area contributed by atoms with Crippen LogP contribution in [0.5, 0.6) is 0 Å². The first-order chi connectivity index (χ1) is 5.66. The zero-order valence-corrected chi connectivity index (χ0v) is 9.49. The lowest BCUT2D eigenvalue weighted by Gasteiger charge is -2.05. The minimum Gasteiger partial charge on any atom is -0.356 e. The number of hydrogen-bond acceptors (Lipinski definition) is 1. The van der Waals surface area contributed by atoms with Crippen molar-refractivity contribution in [2.45, 2.75) is 44.4 Å². The number of rotatable bonds is 6. The molecule has 0 radical (unpaired) electrons. The van der Waals surface area contributed by atoms with Gasteiger partial charge in [0.15, 0.2) is 0 Å². The van der Waals surface area contributed by atoms with Gasteiger partial charge in [0.1, 0.15) is 0 Å². The predicted molar refractivity (Wildman–Crippen MR) is 55.5 cm³/mol. The van der Waals surface area contributed by atoms with Crippen LogP contribution in [0, 0.1) is 0 Å². The van der Waals surface area contributed by atoms with Gasteiger partial charge in [0.2, 0.25) is 5.91 Å². The third kappa shape index (κ3) is 8.05. The number of alkyl halides is 1. The zero-order chi connectivity index (χ0) is 9.40. The van der Waals surface area contributed by atoms with Gasteiger partial charge in [-0.25, -0.2) is 0 Å². The largest absolute Gasteiger partial charge is 0.356 e. The van der Waals surface area contributed by atoms with Crippen LogP contribution in [0.1, 0.15) is 39.5 Å². The van der Waals surface area contributed by atoms with Crippen molar-refractivity contribution in [1.29, 1.82) is 0 Å². The first-order valence-electron chi connectivity index (χ1n) is 4.57. The Hall–Kier alpha value is -0.0500. The van der Waals surface area contributed by atoms with E-state index in [4.69, 9.17) is 0 Å². The maximum absolute atomic E-state index is 11.1. The molecule has 1 N–H and O–H groups in total. The van der Waals surface area contributed by atoms with Gasteiger partial charge < -0.3 is 5.32 Å². The van der Waals surface area contributed by atoms with Gasteiger partial charge in [0.25, 0.3) is 0 Å². The molecule has 0 aromatic carbocycles. The van der Waals surface area contributed by atoms with E-state index in [0.29, 0.717) is 11.2 Å². The molecule has 72 valence electrons. The van der Waals surface area contributed by atoms with Crippen molar-refractivity contribution in [2.75, 3.05) is 6.54 Å². The molecule has 0 aliphatic rings. The third-order valence-electron chi connectivity index (χ3n) is 1.62. The molecule has 1 amide bonds. The summed E-state index contributed by atoms with van der Waals surface area (Å²) in [5.41, 5.74) is 0. The van der Waals surface area contributed by atoms with Crippen LogP contribution in [0.2, 0.25) is 0 Å². The SMILES string of the molecule is CCCCC(=O)NCCC(C)Br. The Morgan fingerprint density at radius 3 is 2.75 bits per heavy atom. The Labute approximate surface area is 83.2 Å². The van der Waals surface area contributed by atoms with Crippen LogP contribution in [0.15, 0.2) is 0 Å². The summed E-state index contributed by atoms with van der Waals surface area (Å²) in [6.07, 6.45) is 3.75. The van der Waals surface area contributed by atoms with Crippen LogP contribution in [0.25, 0.3) is 0 Å². The summed E-state index contributed by atoms with van der Waals surface area (Å²) in [5.74, 6) is 0.185. The van der Waals surface area contributed by atoms with Crippen molar-refractivity contribution in [3.63, 3.8) is 0 Å². The van der Waals surface area contributed by atoms with E-state index in [9.17, 15) is 4.79 Å². The van der Waals surface area contributed by atoms with Gasteiger partial charge in [0, 0.05) is 17.8 Å². The van der Waals surface area contributed by atoms with Gasteiger partial charge in [0.05, 0.1) is 0 Å². The van der Waals surface area contributed by atoms with Gasteiger partial charge in [-0.2, -0.15) is 0 Å². The molecular formula is C9H18BrNO. The van der Waals surface area contributed by atoms with Crippen LogP contribution in [0.3, 0.4) is 0 Å². The summed E-state index contributed by atoms with van der Waals surface area (Å²) in [6, 6.07) is 0. The smallest absolute Gasteiger partial charge is 0.219 e. The molecule has 1 atom stereocenters. The molecule has 0 spiro atoms. The summed E-state index contributed by atoms with van der Waals surface area (Å²) in [5, 5.41) is 2.88. The van der Waals surface area contributed by atoms with E-state index in [1.54, 1.807) is 0 Å². The van der Waals surface area contributed by atoms with E-state index in [1.807, 2.05) is 0 Å². The van der Waals surface area contributed by atoms with Crippen LogP contribution < -0.4 is 5.32 Å². The number of amides is 1. The van der Waals surface area contributed by atoms with E-state index in [0.717, 1.165) is 25.8 Å². The summed E-state index contributed by atoms with van der Waals surface area (Å²) in [7, 11) is 0. The number of carbonyl (C=O) groups excluding carboxylic acids is 1. The van der Waals surface area contributed by atoms with Crippen molar-refractivity contribution in [3.05, 3.63) is 0 Å². The monoisotopic (exact) mass is 235 g/mol. The standard InChI is InChI=1S/C9H18BrNO/c1-3-4-5-9(12)11-7-6-8(2)10/h8H,3-7H2,1-2H3,(H,11,12).